The summed E-state index contributed by atoms with van der Waals surface area (Å²) in [6.07, 6.45) is 2.31. The molecule has 3 nitrogen and oxygen atoms in total. The third-order valence-electron chi connectivity index (χ3n) is 3.62. The molecular formula is C19H18N2O. The van der Waals surface area contributed by atoms with Crippen LogP contribution in [0.25, 0.3) is 22.0 Å². The maximum atomic E-state index is 11.6. The summed E-state index contributed by atoms with van der Waals surface area (Å²) >= 11 is 0. The van der Waals surface area contributed by atoms with E-state index in [0.717, 1.165) is 27.6 Å². The fraction of sp³-hybridized carbons (Fsp3) is 0.158. The van der Waals surface area contributed by atoms with Gasteiger partial charge in [0.25, 0.3) is 0 Å². The summed E-state index contributed by atoms with van der Waals surface area (Å²) in [5.74, 6) is 0.0580. The van der Waals surface area contributed by atoms with Crippen LogP contribution in [-0.4, -0.2) is 17.4 Å². The SMILES string of the molecule is CCNC(=O)Cc1ccc(-c2cnc3ccccc3c2)cc1. The van der Waals surface area contributed by atoms with Gasteiger partial charge in [-0.3, -0.25) is 9.78 Å². The van der Waals surface area contributed by atoms with Gasteiger partial charge in [0.05, 0.1) is 11.9 Å². The molecule has 0 fully saturated rings. The number of carbonyl (C=O) groups is 1. The number of amides is 1. The molecule has 0 spiro atoms. The zero-order chi connectivity index (χ0) is 15.4. The molecule has 0 atom stereocenters. The van der Waals surface area contributed by atoms with Gasteiger partial charge >= 0.3 is 0 Å². The largest absolute Gasteiger partial charge is 0.356 e. The Hall–Kier alpha value is -2.68. The Bertz CT molecular complexity index is 794. The lowest BCUT2D eigenvalue weighted by molar-refractivity contribution is -0.120. The number of hydrogen-bond donors (Lipinski definition) is 1. The van der Waals surface area contributed by atoms with Crippen molar-refractivity contribution in [3.8, 4) is 11.1 Å². The van der Waals surface area contributed by atoms with Crippen molar-refractivity contribution in [2.75, 3.05) is 6.54 Å². The highest BCUT2D eigenvalue weighted by Gasteiger charge is 2.04. The van der Waals surface area contributed by atoms with Gasteiger partial charge in [-0.1, -0.05) is 42.5 Å². The molecule has 2 aromatic carbocycles. The molecule has 22 heavy (non-hydrogen) atoms. The highest BCUT2D eigenvalue weighted by atomic mass is 16.1. The van der Waals surface area contributed by atoms with E-state index in [1.807, 2.05) is 55.6 Å². The number of carbonyl (C=O) groups excluding carboxylic acids is 1. The summed E-state index contributed by atoms with van der Waals surface area (Å²) in [5.41, 5.74) is 4.21. The van der Waals surface area contributed by atoms with Gasteiger partial charge in [-0.2, -0.15) is 0 Å². The van der Waals surface area contributed by atoms with Crippen LogP contribution in [0.1, 0.15) is 12.5 Å². The number of para-hydroxylation sites is 1. The average Bonchev–Trinajstić information content (AvgIpc) is 2.55. The second-order valence-electron chi connectivity index (χ2n) is 5.24. The number of nitrogens with zero attached hydrogens (tertiary/aromatic N) is 1. The number of pyridine rings is 1. The van der Waals surface area contributed by atoms with Crippen LogP contribution in [0, 0.1) is 0 Å². The predicted octanol–water partition coefficient (Wildman–Crippen LogP) is 3.58. The van der Waals surface area contributed by atoms with Gasteiger partial charge < -0.3 is 5.32 Å². The van der Waals surface area contributed by atoms with Crippen molar-refractivity contribution in [3.05, 3.63) is 66.4 Å². The smallest absolute Gasteiger partial charge is 0.224 e. The maximum absolute atomic E-state index is 11.6. The van der Waals surface area contributed by atoms with Crippen molar-refractivity contribution in [2.45, 2.75) is 13.3 Å². The zero-order valence-corrected chi connectivity index (χ0v) is 12.5. The zero-order valence-electron chi connectivity index (χ0n) is 12.5. The Morgan fingerprint density at radius 3 is 2.59 bits per heavy atom. The van der Waals surface area contributed by atoms with E-state index < -0.39 is 0 Å². The van der Waals surface area contributed by atoms with Crippen LogP contribution in [0.5, 0.6) is 0 Å². The lowest BCUT2D eigenvalue weighted by Gasteiger charge is -2.06. The summed E-state index contributed by atoms with van der Waals surface area (Å²) in [6, 6.07) is 18.3. The van der Waals surface area contributed by atoms with Gasteiger partial charge in [0.1, 0.15) is 0 Å². The van der Waals surface area contributed by atoms with Crippen LogP contribution >= 0.6 is 0 Å². The third-order valence-corrected chi connectivity index (χ3v) is 3.62. The van der Waals surface area contributed by atoms with E-state index in [-0.39, 0.29) is 5.91 Å². The van der Waals surface area contributed by atoms with Crippen molar-refractivity contribution in [1.82, 2.24) is 10.3 Å². The molecule has 0 bridgehead atoms. The molecule has 110 valence electrons. The van der Waals surface area contributed by atoms with Crippen molar-refractivity contribution in [1.29, 1.82) is 0 Å². The first kappa shape index (κ1) is 14.3. The van der Waals surface area contributed by atoms with E-state index in [1.54, 1.807) is 0 Å². The van der Waals surface area contributed by atoms with Gasteiger partial charge in [-0.15, -0.1) is 0 Å². The van der Waals surface area contributed by atoms with E-state index in [4.69, 9.17) is 0 Å². The Kier molecular flexibility index (Phi) is 4.15. The number of nitrogens with one attached hydrogen (secondary N) is 1. The second-order valence-corrected chi connectivity index (χ2v) is 5.24. The van der Waals surface area contributed by atoms with Crippen molar-refractivity contribution >= 4 is 16.8 Å². The first-order valence-electron chi connectivity index (χ1n) is 7.47. The number of rotatable bonds is 4. The lowest BCUT2D eigenvalue weighted by atomic mass is 10.0. The van der Waals surface area contributed by atoms with E-state index in [9.17, 15) is 4.79 Å². The lowest BCUT2D eigenvalue weighted by Crippen LogP contribution is -2.24. The second kappa shape index (κ2) is 6.39. The first-order chi connectivity index (χ1) is 10.8. The number of benzene rings is 2. The maximum Gasteiger partial charge on any atom is 0.224 e. The van der Waals surface area contributed by atoms with E-state index >= 15 is 0 Å². The molecule has 3 aromatic rings. The molecule has 1 N–H and O–H groups in total. The summed E-state index contributed by atoms with van der Waals surface area (Å²) in [5, 5.41) is 3.94. The quantitative estimate of drug-likeness (QED) is 0.798. The molecule has 3 rings (SSSR count). The molecule has 0 saturated heterocycles. The molecular weight excluding hydrogens is 272 g/mol. The van der Waals surface area contributed by atoms with E-state index in [1.165, 1.54) is 0 Å². The summed E-state index contributed by atoms with van der Waals surface area (Å²) in [7, 11) is 0. The molecule has 0 aliphatic carbocycles. The molecule has 3 heteroatoms. The first-order valence-corrected chi connectivity index (χ1v) is 7.47. The van der Waals surface area contributed by atoms with Crippen LogP contribution in [0.3, 0.4) is 0 Å². The van der Waals surface area contributed by atoms with Gasteiger partial charge in [-0.05, 0) is 30.2 Å². The normalized spacial score (nSPS) is 10.6. The highest BCUT2D eigenvalue weighted by Crippen LogP contribution is 2.23. The van der Waals surface area contributed by atoms with Crippen LogP contribution in [0.2, 0.25) is 0 Å². The Morgan fingerprint density at radius 2 is 1.82 bits per heavy atom. The van der Waals surface area contributed by atoms with E-state index in [0.29, 0.717) is 13.0 Å². The van der Waals surface area contributed by atoms with Crippen LogP contribution in [-0.2, 0) is 11.2 Å². The summed E-state index contributed by atoms with van der Waals surface area (Å²) < 4.78 is 0. The molecule has 1 aromatic heterocycles. The predicted molar refractivity (Wildman–Crippen MR) is 89.6 cm³/mol. The molecule has 0 saturated carbocycles. The number of fused-ring (bicyclic) bond motifs is 1. The highest BCUT2D eigenvalue weighted by molar-refractivity contribution is 5.83. The Balaban J connectivity index is 1.83. The third kappa shape index (κ3) is 3.14. The molecule has 0 radical (unpaired) electrons. The topological polar surface area (TPSA) is 42.0 Å². The molecule has 0 aliphatic rings. The summed E-state index contributed by atoms with van der Waals surface area (Å²) in [6.45, 7) is 2.59. The average molecular weight is 290 g/mol. The number of hydrogen-bond acceptors (Lipinski definition) is 2. The van der Waals surface area contributed by atoms with Crippen molar-refractivity contribution < 1.29 is 4.79 Å². The van der Waals surface area contributed by atoms with Crippen molar-refractivity contribution in [2.24, 2.45) is 0 Å². The fourth-order valence-corrected chi connectivity index (χ4v) is 2.49. The van der Waals surface area contributed by atoms with Gasteiger partial charge in [0, 0.05) is 23.7 Å². The van der Waals surface area contributed by atoms with Crippen LogP contribution in [0.15, 0.2) is 60.8 Å². The summed E-state index contributed by atoms with van der Waals surface area (Å²) in [4.78, 5) is 16.1. The Labute approximate surface area is 130 Å². The molecule has 1 amide bonds. The molecule has 0 aliphatic heterocycles. The minimum Gasteiger partial charge on any atom is -0.356 e. The minimum atomic E-state index is 0.0580. The van der Waals surface area contributed by atoms with Crippen LogP contribution < -0.4 is 5.32 Å². The molecule has 0 unspecified atom stereocenters. The van der Waals surface area contributed by atoms with Gasteiger partial charge in [-0.25, -0.2) is 0 Å². The Morgan fingerprint density at radius 1 is 1.05 bits per heavy atom. The minimum absolute atomic E-state index is 0.0580. The van der Waals surface area contributed by atoms with Crippen molar-refractivity contribution in [3.63, 3.8) is 0 Å². The number of likely N-dealkylation sites (N-methyl/N-ethyl adjacent to an activating group) is 1. The van der Waals surface area contributed by atoms with Gasteiger partial charge in [0.2, 0.25) is 5.91 Å². The van der Waals surface area contributed by atoms with E-state index in [2.05, 4.69) is 22.4 Å². The molecule has 1 heterocycles. The standard InChI is InChI=1S/C19H18N2O/c1-2-20-19(22)11-14-7-9-15(10-8-14)17-12-16-5-3-4-6-18(16)21-13-17/h3-10,12-13H,2,11H2,1H3,(H,20,22). The fourth-order valence-electron chi connectivity index (χ4n) is 2.49. The van der Waals surface area contributed by atoms with Gasteiger partial charge in [0.15, 0.2) is 0 Å². The van der Waals surface area contributed by atoms with Crippen LogP contribution in [0.4, 0.5) is 0 Å². The monoisotopic (exact) mass is 290 g/mol. The number of aromatic nitrogens is 1.